The van der Waals surface area contributed by atoms with Crippen molar-refractivity contribution < 1.29 is 18.0 Å². The van der Waals surface area contributed by atoms with Crippen molar-refractivity contribution in [3.63, 3.8) is 0 Å². The Labute approximate surface area is 234 Å². The molecule has 2 amide bonds. The van der Waals surface area contributed by atoms with Gasteiger partial charge < -0.3 is 10.2 Å². The second-order valence-electron chi connectivity index (χ2n) is 9.34. The molecular weight excluding hydrogens is 557 g/mol. The van der Waals surface area contributed by atoms with Gasteiger partial charge in [-0.25, -0.2) is 8.42 Å². The van der Waals surface area contributed by atoms with E-state index in [0.29, 0.717) is 38.3 Å². The molecule has 1 atom stereocenters. The van der Waals surface area contributed by atoms with Crippen LogP contribution in [0.4, 0.5) is 5.69 Å². The molecule has 0 heterocycles. The Morgan fingerprint density at radius 2 is 1.70 bits per heavy atom. The Bertz CT molecular complexity index is 1230. The third-order valence-corrected chi connectivity index (χ3v) is 8.67. The van der Waals surface area contributed by atoms with E-state index in [1.807, 2.05) is 6.92 Å². The molecule has 2 aromatic rings. The Hall–Kier alpha value is -2.00. The van der Waals surface area contributed by atoms with Gasteiger partial charge in [0.2, 0.25) is 21.8 Å². The summed E-state index contributed by atoms with van der Waals surface area (Å²) in [5.74, 6) is -0.843. The minimum absolute atomic E-state index is 0.0555. The van der Waals surface area contributed by atoms with Crippen LogP contribution in [0.5, 0.6) is 0 Å². The molecule has 1 fully saturated rings. The number of rotatable bonds is 10. The van der Waals surface area contributed by atoms with Crippen molar-refractivity contribution in [3.05, 3.63) is 62.6 Å². The fraction of sp³-hybridized carbons (Fsp3) is 0.462. The molecule has 0 aliphatic heterocycles. The smallest absolute Gasteiger partial charge is 0.244 e. The van der Waals surface area contributed by atoms with Gasteiger partial charge in [0.15, 0.2) is 0 Å². The molecule has 0 bridgehead atoms. The molecule has 1 N–H and O–H groups in total. The first-order valence-corrected chi connectivity index (χ1v) is 15.2. The van der Waals surface area contributed by atoms with Gasteiger partial charge in [0.25, 0.3) is 0 Å². The quantitative estimate of drug-likeness (QED) is 0.392. The van der Waals surface area contributed by atoms with E-state index in [0.717, 1.165) is 36.2 Å². The lowest BCUT2D eigenvalue weighted by Crippen LogP contribution is -2.53. The zero-order valence-corrected chi connectivity index (χ0v) is 24.2. The van der Waals surface area contributed by atoms with Gasteiger partial charge in [0, 0.05) is 33.2 Å². The minimum Gasteiger partial charge on any atom is -0.352 e. The van der Waals surface area contributed by atoms with Crippen molar-refractivity contribution in [2.45, 2.75) is 64.6 Å². The Morgan fingerprint density at radius 1 is 1.08 bits per heavy atom. The summed E-state index contributed by atoms with van der Waals surface area (Å²) in [5, 5.41) is 4.10. The highest BCUT2D eigenvalue weighted by Crippen LogP contribution is 2.29. The Morgan fingerprint density at radius 3 is 2.27 bits per heavy atom. The maximum absolute atomic E-state index is 13.9. The van der Waals surface area contributed by atoms with Crippen LogP contribution in [0.1, 0.15) is 50.2 Å². The second kappa shape index (κ2) is 12.7. The number of carbonyl (C=O) groups is 2. The summed E-state index contributed by atoms with van der Waals surface area (Å²) >= 11 is 19.0. The third-order valence-electron chi connectivity index (χ3n) is 6.60. The van der Waals surface area contributed by atoms with Gasteiger partial charge in [-0.2, -0.15) is 0 Å². The standard InChI is InChI=1S/C26H32Cl3N3O4S/c1-4-23(26(34)30-19-8-5-6-9-19)31(15-20-21(28)10-7-11-22(20)29)25(33)16-32(37(3,35)36)24-14-18(27)13-12-17(24)2/h7,10-14,19,23H,4-6,8-9,15-16H2,1-3H3,(H,30,34). The maximum Gasteiger partial charge on any atom is 0.244 e. The van der Waals surface area contributed by atoms with Crippen LogP contribution >= 0.6 is 34.8 Å². The lowest BCUT2D eigenvalue weighted by atomic mass is 10.1. The summed E-state index contributed by atoms with van der Waals surface area (Å²) < 4.78 is 26.6. The minimum atomic E-state index is -3.87. The fourth-order valence-electron chi connectivity index (χ4n) is 4.59. The van der Waals surface area contributed by atoms with Crippen LogP contribution in [0.2, 0.25) is 15.1 Å². The van der Waals surface area contributed by atoms with Gasteiger partial charge in [-0.3, -0.25) is 13.9 Å². The molecule has 0 radical (unpaired) electrons. The number of amides is 2. The van der Waals surface area contributed by atoms with Crippen molar-refractivity contribution in [2.24, 2.45) is 0 Å². The Kier molecular flexibility index (Phi) is 10.1. The van der Waals surface area contributed by atoms with Gasteiger partial charge in [-0.15, -0.1) is 0 Å². The molecule has 3 rings (SSSR count). The Balaban J connectivity index is 2.00. The summed E-state index contributed by atoms with van der Waals surface area (Å²) in [6.45, 7) is 2.97. The van der Waals surface area contributed by atoms with Gasteiger partial charge in [0.1, 0.15) is 12.6 Å². The average molecular weight is 589 g/mol. The van der Waals surface area contributed by atoms with Gasteiger partial charge >= 0.3 is 0 Å². The van der Waals surface area contributed by atoms with E-state index in [-0.39, 0.29) is 18.5 Å². The highest BCUT2D eigenvalue weighted by atomic mass is 35.5. The van der Waals surface area contributed by atoms with Gasteiger partial charge in [0.05, 0.1) is 11.9 Å². The number of hydrogen-bond acceptors (Lipinski definition) is 4. The van der Waals surface area contributed by atoms with Crippen molar-refractivity contribution in [1.82, 2.24) is 10.2 Å². The fourth-order valence-corrected chi connectivity index (χ4v) is 6.17. The maximum atomic E-state index is 13.9. The van der Waals surface area contributed by atoms with Crippen LogP contribution in [-0.4, -0.2) is 50.0 Å². The summed E-state index contributed by atoms with van der Waals surface area (Å²) in [7, 11) is -3.87. The number of benzene rings is 2. The van der Waals surface area contributed by atoms with Crippen molar-refractivity contribution in [1.29, 1.82) is 0 Å². The first-order valence-electron chi connectivity index (χ1n) is 12.2. The monoisotopic (exact) mass is 587 g/mol. The summed E-state index contributed by atoms with van der Waals surface area (Å²) in [4.78, 5) is 28.6. The number of halogens is 3. The third kappa shape index (κ3) is 7.53. The van der Waals surface area contributed by atoms with Crippen LogP contribution in [0.25, 0.3) is 0 Å². The topological polar surface area (TPSA) is 86.8 Å². The first-order chi connectivity index (χ1) is 17.4. The van der Waals surface area contributed by atoms with E-state index in [1.54, 1.807) is 37.3 Å². The summed E-state index contributed by atoms with van der Waals surface area (Å²) in [6.07, 6.45) is 5.22. The van der Waals surface area contributed by atoms with Crippen LogP contribution in [0.15, 0.2) is 36.4 Å². The number of hydrogen-bond donors (Lipinski definition) is 1. The van der Waals surface area contributed by atoms with E-state index in [1.165, 1.54) is 11.0 Å². The van der Waals surface area contributed by atoms with Gasteiger partial charge in [-0.05, 0) is 56.0 Å². The number of anilines is 1. The highest BCUT2D eigenvalue weighted by Gasteiger charge is 2.34. The molecule has 1 aliphatic carbocycles. The number of nitrogens with zero attached hydrogens (tertiary/aromatic N) is 2. The summed E-state index contributed by atoms with van der Waals surface area (Å²) in [5.41, 5.74) is 1.41. The molecule has 202 valence electrons. The molecule has 1 unspecified atom stereocenters. The highest BCUT2D eigenvalue weighted by molar-refractivity contribution is 7.92. The molecule has 1 aliphatic rings. The van der Waals surface area contributed by atoms with Crippen LogP contribution in [0.3, 0.4) is 0 Å². The van der Waals surface area contributed by atoms with E-state index in [4.69, 9.17) is 34.8 Å². The van der Waals surface area contributed by atoms with Crippen molar-refractivity contribution in [3.8, 4) is 0 Å². The molecule has 37 heavy (non-hydrogen) atoms. The molecular formula is C26H32Cl3N3O4S. The van der Waals surface area contributed by atoms with Crippen molar-refractivity contribution in [2.75, 3.05) is 17.1 Å². The van der Waals surface area contributed by atoms with Crippen LogP contribution in [0, 0.1) is 6.92 Å². The largest absolute Gasteiger partial charge is 0.352 e. The zero-order chi connectivity index (χ0) is 27.3. The van der Waals surface area contributed by atoms with E-state index >= 15 is 0 Å². The molecule has 0 saturated heterocycles. The SMILES string of the molecule is CCC(C(=O)NC1CCCC1)N(Cc1c(Cl)cccc1Cl)C(=O)CN(c1cc(Cl)ccc1C)S(C)(=O)=O. The van der Waals surface area contributed by atoms with Crippen LogP contribution < -0.4 is 9.62 Å². The summed E-state index contributed by atoms with van der Waals surface area (Å²) in [6, 6.07) is 9.06. The number of carbonyl (C=O) groups excluding carboxylic acids is 2. The molecule has 7 nitrogen and oxygen atoms in total. The average Bonchev–Trinajstić information content (AvgIpc) is 3.33. The normalized spacial score (nSPS) is 14.9. The van der Waals surface area contributed by atoms with E-state index in [2.05, 4.69) is 5.32 Å². The predicted molar refractivity (Wildman–Crippen MR) is 150 cm³/mol. The number of nitrogens with one attached hydrogen (secondary N) is 1. The first kappa shape index (κ1) is 29.6. The van der Waals surface area contributed by atoms with Gasteiger partial charge in [-0.1, -0.05) is 66.7 Å². The van der Waals surface area contributed by atoms with E-state index in [9.17, 15) is 18.0 Å². The molecule has 1 saturated carbocycles. The van der Waals surface area contributed by atoms with E-state index < -0.39 is 28.5 Å². The zero-order valence-electron chi connectivity index (χ0n) is 21.1. The van der Waals surface area contributed by atoms with Crippen LogP contribution in [-0.2, 0) is 26.2 Å². The molecule has 0 aromatic heterocycles. The second-order valence-corrected chi connectivity index (χ2v) is 12.5. The predicted octanol–water partition coefficient (Wildman–Crippen LogP) is 5.59. The lowest BCUT2D eigenvalue weighted by Gasteiger charge is -2.34. The number of sulfonamides is 1. The molecule has 2 aromatic carbocycles. The molecule has 11 heteroatoms. The molecule has 0 spiro atoms. The number of aryl methyl sites for hydroxylation is 1. The lowest BCUT2D eigenvalue weighted by molar-refractivity contribution is -0.140. The van der Waals surface area contributed by atoms with Crippen molar-refractivity contribution >= 4 is 62.3 Å².